The van der Waals surface area contributed by atoms with Gasteiger partial charge in [0, 0.05) is 17.5 Å². The maximum atomic E-state index is 11.4. The van der Waals surface area contributed by atoms with E-state index in [2.05, 4.69) is 0 Å². The second-order valence-corrected chi connectivity index (χ2v) is 6.80. The number of benzene rings is 2. The Kier molecular flexibility index (Phi) is 10.2. The van der Waals surface area contributed by atoms with Gasteiger partial charge in [-0.2, -0.15) is 0 Å². The largest absolute Gasteiger partial charge is 0.487 e. The van der Waals surface area contributed by atoms with E-state index in [1.807, 2.05) is 30.3 Å². The Morgan fingerprint density at radius 2 is 1.38 bits per heavy atom. The lowest BCUT2D eigenvalue weighted by Gasteiger charge is -2.18. The molecule has 0 aromatic heterocycles. The molecule has 172 valence electrons. The molecule has 0 fully saturated rings. The highest BCUT2D eigenvalue weighted by atomic mass is 16.6. The van der Waals surface area contributed by atoms with E-state index in [-0.39, 0.29) is 26.4 Å². The molecular weight excluding hydrogens is 416 g/mol. The molecule has 0 heterocycles. The number of aliphatic hydroxyl groups excluding tert-OH is 2. The first-order valence-electron chi connectivity index (χ1n) is 10.2. The molecular formula is C24H28O8. The number of fused-ring (bicyclic) bond motifs is 1. The quantitative estimate of drug-likeness (QED) is 0.380. The maximum Gasteiger partial charge on any atom is 0.330 e. The van der Waals surface area contributed by atoms with E-state index in [1.165, 1.54) is 12.2 Å². The number of carbonyl (C=O) groups is 2. The summed E-state index contributed by atoms with van der Waals surface area (Å²) in [6.45, 7) is 2.65. The average Bonchev–Trinajstić information content (AvgIpc) is 2.79. The van der Waals surface area contributed by atoms with Gasteiger partial charge in [0.2, 0.25) is 0 Å². The Morgan fingerprint density at radius 3 is 1.97 bits per heavy atom. The van der Waals surface area contributed by atoms with Crippen molar-refractivity contribution in [3.63, 3.8) is 0 Å². The van der Waals surface area contributed by atoms with Gasteiger partial charge in [-0.25, -0.2) is 9.59 Å². The normalized spacial score (nSPS) is 13.2. The third-order valence-corrected chi connectivity index (χ3v) is 4.14. The molecule has 2 aromatic rings. The first-order chi connectivity index (χ1) is 15.4. The summed E-state index contributed by atoms with van der Waals surface area (Å²) in [6.07, 6.45) is 3.50. The predicted octanol–water partition coefficient (Wildman–Crippen LogP) is 2.56. The molecule has 0 aliphatic rings. The van der Waals surface area contributed by atoms with Gasteiger partial charge in [-0.05, 0) is 25.3 Å². The highest BCUT2D eigenvalue weighted by molar-refractivity contribution is 5.90. The molecule has 0 bridgehead atoms. The highest BCUT2D eigenvalue weighted by Crippen LogP contribution is 2.36. The van der Waals surface area contributed by atoms with Crippen LogP contribution in [0, 0.1) is 0 Å². The van der Waals surface area contributed by atoms with Gasteiger partial charge in [-0.15, -0.1) is 0 Å². The monoisotopic (exact) mass is 444 g/mol. The molecule has 2 unspecified atom stereocenters. The van der Waals surface area contributed by atoms with Crippen LogP contribution in [0.25, 0.3) is 10.8 Å². The minimum atomic E-state index is -1.05. The number of hydrogen-bond donors (Lipinski definition) is 2. The summed E-state index contributed by atoms with van der Waals surface area (Å²) in [5.74, 6) is -0.379. The van der Waals surface area contributed by atoms with Gasteiger partial charge in [0.1, 0.15) is 38.6 Å². The van der Waals surface area contributed by atoms with Gasteiger partial charge < -0.3 is 29.2 Å². The SMILES string of the molecule is CC=CC(=O)OCC(O)COc1ccc2ccccc2c1OCC(O)COC(=O)C=CC. The molecule has 32 heavy (non-hydrogen) atoms. The molecule has 0 saturated carbocycles. The summed E-state index contributed by atoms with van der Waals surface area (Å²) < 4.78 is 21.3. The number of hydrogen-bond acceptors (Lipinski definition) is 8. The maximum absolute atomic E-state index is 11.4. The van der Waals surface area contributed by atoms with Crippen molar-refractivity contribution in [3.8, 4) is 11.5 Å². The zero-order chi connectivity index (χ0) is 23.3. The van der Waals surface area contributed by atoms with Crippen molar-refractivity contribution in [2.24, 2.45) is 0 Å². The van der Waals surface area contributed by atoms with E-state index in [4.69, 9.17) is 18.9 Å². The van der Waals surface area contributed by atoms with Gasteiger partial charge in [0.15, 0.2) is 11.5 Å². The number of carbonyl (C=O) groups excluding carboxylic acids is 2. The molecule has 0 spiro atoms. The third kappa shape index (κ3) is 8.05. The van der Waals surface area contributed by atoms with Crippen LogP contribution in [0.2, 0.25) is 0 Å². The predicted molar refractivity (Wildman–Crippen MR) is 118 cm³/mol. The van der Waals surface area contributed by atoms with Crippen LogP contribution >= 0.6 is 0 Å². The summed E-state index contributed by atoms with van der Waals surface area (Å²) in [4.78, 5) is 22.8. The Morgan fingerprint density at radius 1 is 0.812 bits per heavy atom. The molecule has 2 N–H and O–H groups in total. The fraction of sp³-hybridized carbons (Fsp3) is 0.333. The van der Waals surface area contributed by atoms with E-state index in [0.29, 0.717) is 11.5 Å². The van der Waals surface area contributed by atoms with Crippen LogP contribution in [-0.2, 0) is 19.1 Å². The zero-order valence-electron chi connectivity index (χ0n) is 18.1. The summed E-state index contributed by atoms with van der Waals surface area (Å²) in [7, 11) is 0. The molecule has 2 rings (SSSR count). The van der Waals surface area contributed by atoms with Crippen LogP contribution < -0.4 is 9.47 Å². The van der Waals surface area contributed by atoms with Crippen LogP contribution in [0.5, 0.6) is 11.5 Å². The number of aliphatic hydroxyl groups is 2. The van der Waals surface area contributed by atoms with Gasteiger partial charge in [-0.3, -0.25) is 0 Å². The third-order valence-electron chi connectivity index (χ3n) is 4.14. The van der Waals surface area contributed by atoms with Gasteiger partial charge in [0.25, 0.3) is 0 Å². The summed E-state index contributed by atoms with van der Waals surface area (Å²) >= 11 is 0. The van der Waals surface area contributed by atoms with Crippen LogP contribution in [0.1, 0.15) is 13.8 Å². The molecule has 8 nitrogen and oxygen atoms in total. The first kappa shape index (κ1) is 24.9. The molecule has 0 radical (unpaired) electrons. The Balaban J connectivity index is 2.04. The fourth-order valence-electron chi connectivity index (χ4n) is 2.67. The number of allylic oxidation sites excluding steroid dienone is 2. The first-order valence-corrected chi connectivity index (χ1v) is 10.2. The van der Waals surface area contributed by atoms with E-state index in [1.54, 1.807) is 32.1 Å². The van der Waals surface area contributed by atoms with E-state index < -0.39 is 24.1 Å². The second kappa shape index (κ2) is 13.1. The van der Waals surface area contributed by atoms with Crippen molar-refractivity contribution in [2.45, 2.75) is 26.1 Å². The lowest BCUT2D eigenvalue weighted by molar-refractivity contribution is -0.142. The lowest BCUT2D eigenvalue weighted by Crippen LogP contribution is -2.26. The molecule has 2 aromatic carbocycles. The van der Waals surface area contributed by atoms with Gasteiger partial charge in [0.05, 0.1) is 0 Å². The van der Waals surface area contributed by atoms with Crippen molar-refractivity contribution < 1.29 is 38.7 Å². The Labute approximate surface area is 186 Å². The number of esters is 2. The minimum absolute atomic E-state index is 0.138. The fourth-order valence-corrected chi connectivity index (χ4v) is 2.67. The Bertz CT molecular complexity index is 950. The van der Waals surface area contributed by atoms with Crippen molar-refractivity contribution in [3.05, 3.63) is 60.7 Å². The molecule has 0 amide bonds. The summed E-state index contributed by atoms with van der Waals surface area (Å²) in [6, 6.07) is 11.0. The van der Waals surface area contributed by atoms with Crippen LogP contribution in [0.3, 0.4) is 0 Å². The Hall–Kier alpha value is -3.36. The highest BCUT2D eigenvalue weighted by Gasteiger charge is 2.16. The van der Waals surface area contributed by atoms with Crippen LogP contribution in [0.4, 0.5) is 0 Å². The summed E-state index contributed by atoms with van der Waals surface area (Å²) in [5.41, 5.74) is 0. The van der Waals surface area contributed by atoms with Crippen molar-refractivity contribution in [1.29, 1.82) is 0 Å². The standard InChI is InChI=1S/C24H28O8/c1-3-7-22(27)30-14-18(25)13-29-21-12-11-17-9-5-6-10-20(17)24(21)32-16-19(26)15-31-23(28)8-4-2/h3-12,18-19,25-26H,13-16H2,1-2H3. The molecule has 0 aliphatic carbocycles. The lowest BCUT2D eigenvalue weighted by atomic mass is 10.1. The topological polar surface area (TPSA) is 112 Å². The molecule has 8 heteroatoms. The van der Waals surface area contributed by atoms with E-state index >= 15 is 0 Å². The average molecular weight is 444 g/mol. The van der Waals surface area contributed by atoms with Crippen molar-refractivity contribution in [2.75, 3.05) is 26.4 Å². The van der Waals surface area contributed by atoms with Crippen LogP contribution in [-0.4, -0.2) is 60.8 Å². The molecule has 0 saturated heterocycles. The minimum Gasteiger partial charge on any atom is -0.487 e. The second-order valence-electron chi connectivity index (χ2n) is 6.80. The number of ether oxygens (including phenoxy) is 4. The molecule has 0 aliphatic heterocycles. The van der Waals surface area contributed by atoms with Gasteiger partial charge in [-0.1, -0.05) is 42.5 Å². The van der Waals surface area contributed by atoms with Gasteiger partial charge >= 0.3 is 11.9 Å². The van der Waals surface area contributed by atoms with E-state index in [0.717, 1.165) is 10.8 Å². The van der Waals surface area contributed by atoms with E-state index in [9.17, 15) is 19.8 Å². The number of rotatable bonds is 12. The van der Waals surface area contributed by atoms with Crippen molar-refractivity contribution in [1.82, 2.24) is 0 Å². The molecule has 2 atom stereocenters. The zero-order valence-corrected chi connectivity index (χ0v) is 18.1. The smallest absolute Gasteiger partial charge is 0.330 e. The van der Waals surface area contributed by atoms with Crippen LogP contribution in [0.15, 0.2) is 60.7 Å². The van der Waals surface area contributed by atoms with Crippen molar-refractivity contribution >= 4 is 22.7 Å². The summed E-state index contributed by atoms with van der Waals surface area (Å²) in [5, 5.41) is 21.8.